The molecule has 0 aliphatic carbocycles. The van der Waals surface area contributed by atoms with Gasteiger partial charge in [-0.05, 0) is 6.42 Å². The average molecular weight is 137 g/mol. The molecule has 2 nitrogen and oxygen atoms in total. The molecule has 0 aromatic carbocycles. The van der Waals surface area contributed by atoms with Gasteiger partial charge < -0.3 is 5.11 Å². The molecule has 54 valence electrons. The van der Waals surface area contributed by atoms with Gasteiger partial charge in [0.05, 0.1) is 12.7 Å². The van der Waals surface area contributed by atoms with Crippen molar-refractivity contribution in [2.45, 2.75) is 25.7 Å². The highest BCUT2D eigenvalue weighted by atomic mass is 16.2. The van der Waals surface area contributed by atoms with E-state index in [1.165, 1.54) is 0 Å². The van der Waals surface area contributed by atoms with Gasteiger partial charge in [0, 0.05) is 19.3 Å². The minimum atomic E-state index is 0.130. The quantitative estimate of drug-likeness (QED) is 0.467. The summed E-state index contributed by atoms with van der Waals surface area (Å²) in [6, 6.07) is 2.04. The van der Waals surface area contributed by atoms with E-state index in [0.717, 1.165) is 12.8 Å². The van der Waals surface area contributed by atoms with Gasteiger partial charge in [0.2, 0.25) is 0 Å². The van der Waals surface area contributed by atoms with Crippen molar-refractivity contribution in [1.29, 1.82) is 5.26 Å². The van der Waals surface area contributed by atoms with E-state index in [2.05, 4.69) is 11.8 Å². The smallest absolute Gasteiger partial charge is 0.0622 e. The van der Waals surface area contributed by atoms with Gasteiger partial charge in [0.15, 0.2) is 0 Å². The second-order valence-corrected chi connectivity index (χ2v) is 1.84. The lowest BCUT2D eigenvalue weighted by molar-refractivity contribution is 0.305. The van der Waals surface area contributed by atoms with Gasteiger partial charge in [0.25, 0.3) is 0 Å². The van der Waals surface area contributed by atoms with Gasteiger partial charge in [0.1, 0.15) is 0 Å². The summed E-state index contributed by atoms with van der Waals surface area (Å²) in [5.41, 5.74) is 0. The van der Waals surface area contributed by atoms with E-state index in [0.29, 0.717) is 12.8 Å². The monoisotopic (exact) mass is 137 g/mol. The summed E-state index contributed by atoms with van der Waals surface area (Å²) >= 11 is 0. The Labute approximate surface area is 61.5 Å². The van der Waals surface area contributed by atoms with Gasteiger partial charge in [-0.1, -0.05) is 0 Å². The molecule has 0 radical (unpaired) electrons. The van der Waals surface area contributed by atoms with Crippen molar-refractivity contribution in [3.05, 3.63) is 0 Å². The Morgan fingerprint density at radius 1 is 1.10 bits per heavy atom. The van der Waals surface area contributed by atoms with E-state index in [1.807, 2.05) is 6.07 Å². The Morgan fingerprint density at radius 2 is 1.80 bits per heavy atom. The number of unbranched alkanes of at least 4 members (excludes halogenated alkanes) is 2. The summed E-state index contributed by atoms with van der Waals surface area (Å²) in [5.74, 6) is 5.64. The van der Waals surface area contributed by atoms with Crippen LogP contribution in [0, 0.1) is 23.2 Å². The van der Waals surface area contributed by atoms with Crippen LogP contribution in [0.25, 0.3) is 0 Å². The molecule has 0 aromatic rings. The van der Waals surface area contributed by atoms with Crippen LogP contribution in [-0.2, 0) is 0 Å². The fraction of sp³-hybridized carbons (Fsp3) is 0.625. The van der Waals surface area contributed by atoms with Crippen LogP contribution in [0.15, 0.2) is 0 Å². The van der Waals surface area contributed by atoms with E-state index in [9.17, 15) is 0 Å². The number of rotatable bonds is 3. The number of hydrogen-bond acceptors (Lipinski definition) is 2. The van der Waals surface area contributed by atoms with Crippen LogP contribution in [0.2, 0.25) is 0 Å². The summed E-state index contributed by atoms with van der Waals surface area (Å²) in [5, 5.41) is 16.4. The van der Waals surface area contributed by atoms with Gasteiger partial charge >= 0.3 is 0 Å². The van der Waals surface area contributed by atoms with E-state index < -0.39 is 0 Å². The van der Waals surface area contributed by atoms with Gasteiger partial charge in [-0.2, -0.15) is 5.26 Å². The minimum absolute atomic E-state index is 0.130. The third kappa shape index (κ3) is 7.01. The molecule has 1 N–H and O–H groups in total. The molecule has 0 aromatic heterocycles. The van der Waals surface area contributed by atoms with Crippen LogP contribution in [0.1, 0.15) is 25.7 Å². The van der Waals surface area contributed by atoms with Crippen molar-refractivity contribution in [3.8, 4) is 17.9 Å². The highest BCUT2D eigenvalue weighted by Crippen LogP contribution is 1.90. The standard InChI is InChI=1S/C8H11NO/c9-7-5-3-1-2-4-6-8-10/h10H,1,3,5-6,8H2. The minimum Gasteiger partial charge on any atom is -0.395 e. The zero-order valence-electron chi connectivity index (χ0n) is 5.93. The van der Waals surface area contributed by atoms with Crippen LogP contribution in [0.3, 0.4) is 0 Å². The first-order chi connectivity index (χ1) is 4.91. The Balaban J connectivity index is 3.05. The van der Waals surface area contributed by atoms with Crippen molar-refractivity contribution in [2.24, 2.45) is 0 Å². The molecule has 0 bridgehead atoms. The number of nitrogens with zero attached hydrogens (tertiary/aromatic N) is 1. The fourth-order valence-corrected chi connectivity index (χ4v) is 0.489. The summed E-state index contributed by atoms with van der Waals surface area (Å²) in [6.07, 6.45) is 2.74. The Bertz CT molecular complexity index is 158. The molecule has 0 fully saturated rings. The average Bonchev–Trinajstić information content (AvgIpc) is 1.97. The van der Waals surface area contributed by atoms with Crippen LogP contribution in [-0.4, -0.2) is 11.7 Å². The molecule has 10 heavy (non-hydrogen) atoms. The molecule has 0 unspecified atom stereocenters. The maximum Gasteiger partial charge on any atom is 0.0622 e. The van der Waals surface area contributed by atoms with Crippen LogP contribution < -0.4 is 0 Å². The zero-order valence-corrected chi connectivity index (χ0v) is 5.93. The Kier molecular flexibility index (Phi) is 7.22. The molecule has 0 saturated heterocycles. The van der Waals surface area contributed by atoms with Crippen LogP contribution in [0.4, 0.5) is 0 Å². The number of hydrogen-bond donors (Lipinski definition) is 1. The van der Waals surface area contributed by atoms with E-state index >= 15 is 0 Å². The lowest BCUT2D eigenvalue weighted by Gasteiger charge is -1.81. The maximum absolute atomic E-state index is 8.31. The van der Waals surface area contributed by atoms with E-state index in [1.54, 1.807) is 0 Å². The molecule has 0 atom stereocenters. The second kappa shape index (κ2) is 8.01. The molecule has 0 rings (SSSR count). The SMILES string of the molecule is N#CCCCC#CCCO. The molecule has 0 saturated carbocycles. The molecule has 0 heterocycles. The van der Waals surface area contributed by atoms with Crippen molar-refractivity contribution in [3.63, 3.8) is 0 Å². The maximum atomic E-state index is 8.31. The highest BCUT2D eigenvalue weighted by Gasteiger charge is 1.79. The summed E-state index contributed by atoms with van der Waals surface area (Å²) in [7, 11) is 0. The molecule has 0 aliphatic rings. The third-order valence-electron chi connectivity index (χ3n) is 0.952. The second-order valence-electron chi connectivity index (χ2n) is 1.84. The van der Waals surface area contributed by atoms with Crippen LogP contribution >= 0.6 is 0 Å². The van der Waals surface area contributed by atoms with Gasteiger partial charge in [-0.25, -0.2) is 0 Å². The zero-order chi connectivity index (χ0) is 7.66. The summed E-state index contributed by atoms with van der Waals surface area (Å²) in [6.45, 7) is 0.130. The molecular formula is C8H11NO. The lowest BCUT2D eigenvalue weighted by atomic mass is 10.2. The highest BCUT2D eigenvalue weighted by molar-refractivity contribution is 4.98. The fourth-order valence-electron chi connectivity index (χ4n) is 0.489. The Hall–Kier alpha value is -0.990. The van der Waals surface area contributed by atoms with Gasteiger partial charge in [-0.15, -0.1) is 11.8 Å². The number of nitriles is 1. The van der Waals surface area contributed by atoms with E-state index in [4.69, 9.17) is 10.4 Å². The molecule has 0 aliphatic heterocycles. The van der Waals surface area contributed by atoms with Crippen LogP contribution in [0.5, 0.6) is 0 Å². The topological polar surface area (TPSA) is 44.0 Å². The third-order valence-corrected chi connectivity index (χ3v) is 0.952. The predicted octanol–water partition coefficient (Wildman–Crippen LogP) is 1.07. The summed E-state index contributed by atoms with van der Waals surface area (Å²) in [4.78, 5) is 0. The summed E-state index contributed by atoms with van der Waals surface area (Å²) < 4.78 is 0. The first-order valence-corrected chi connectivity index (χ1v) is 3.35. The number of aliphatic hydroxyl groups excluding tert-OH is 1. The normalized spacial score (nSPS) is 7.60. The van der Waals surface area contributed by atoms with Crippen molar-refractivity contribution < 1.29 is 5.11 Å². The van der Waals surface area contributed by atoms with Crippen molar-refractivity contribution in [1.82, 2.24) is 0 Å². The lowest BCUT2D eigenvalue weighted by Crippen LogP contribution is -1.76. The molecule has 2 heteroatoms. The molecule has 0 amide bonds. The first-order valence-electron chi connectivity index (χ1n) is 3.35. The van der Waals surface area contributed by atoms with Crippen molar-refractivity contribution >= 4 is 0 Å². The molecule has 0 spiro atoms. The van der Waals surface area contributed by atoms with E-state index in [-0.39, 0.29) is 6.61 Å². The van der Waals surface area contributed by atoms with Gasteiger partial charge in [-0.3, -0.25) is 0 Å². The predicted molar refractivity (Wildman–Crippen MR) is 38.9 cm³/mol. The molecular weight excluding hydrogens is 126 g/mol. The largest absolute Gasteiger partial charge is 0.395 e. The Morgan fingerprint density at radius 3 is 2.40 bits per heavy atom. The number of aliphatic hydroxyl groups is 1. The van der Waals surface area contributed by atoms with Crippen molar-refractivity contribution in [2.75, 3.05) is 6.61 Å². The first kappa shape index (κ1) is 9.01.